The van der Waals surface area contributed by atoms with Gasteiger partial charge in [-0.3, -0.25) is 14.9 Å². The Bertz CT molecular complexity index is 463. The highest BCUT2D eigenvalue weighted by atomic mass is 16.2. The summed E-state index contributed by atoms with van der Waals surface area (Å²) in [6, 6.07) is 2.15. The number of hydrogen-bond donors (Lipinski definition) is 2. The van der Waals surface area contributed by atoms with Gasteiger partial charge in [0.2, 0.25) is 0 Å². The minimum absolute atomic E-state index is 0.194. The maximum atomic E-state index is 11.3. The summed E-state index contributed by atoms with van der Waals surface area (Å²) in [4.78, 5) is 13.5. The Morgan fingerprint density at radius 3 is 2.95 bits per heavy atom. The van der Waals surface area contributed by atoms with E-state index in [0.717, 1.165) is 19.6 Å². The molecule has 1 amide bonds. The summed E-state index contributed by atoms with van der Waals surface area (Å²) in [5.74, 6) is 5.10. The minimum Gasteiger partial charge on any atom is -0.300 e. The van der Waals surface area contributed by atoms with Gasteiger partial charge in [0.1, 0.15) is 0 Å². The zero-order valence-corrected chi connectivity index (χ0v) is 11.9. The molecule has 1 aromatic rings. The smallest absolute Gasteiger partial charge is 0.287 e. The second-order valence-electron chi connectivity index (χ2n) is 4.94. The average Bonchev–Trinajstić information content (AvgIpc) is 2.89. The molecular weight excluding hydrogens is 258 g/mol. The van der Waals surface area contributed by atoms with Gasteiger partial charge in [-0.25, -0.2) is 5.84 Å². The summed E-state index contributed by atoms with van der Waals surface area (Å²) in [5, 5.41) is 16.3. The van der Waals surface area contributed by atoms with Gasteiger partial charge in [-0.05, 0) is 5.92 Å². The summed E-state index contributed by atoms with van der Waals surface area (Å²) >= 11 is 0. The van der Waals surface area contributed by atoms with E-state index in [4.69, 9.17) is 11.1 Å². The van der Waals surface area contributed by atoms with Crippen LogP contribution in [0.5, 0.6) is 0 Å². The molecule has 0 saturated heterocycles. The van der Waals surface area contributed by atoms with Crippen LogP contribution >= 0.6 is 0 Å². The third kappa shape index (κ3) is 5.34. The molecule has 110 valence electrons. The summed E-state index contributed by atoms with van der Waals surface area (Å²) in [6.45, 7) is 7.30. The van der Waals surface area contributed by atoms with Crippen LogP contribution in [0.25, 0.3) is 0 Å². The van der Waals surface area contributed by atoms with Crippen molar-refractivity contribution in [3.8, 4) is 6.07 Å². The largest absolute Gasteiger partial charge is 0.300 e. The van der Waals surface area contributed by atoms with E-state index in [1.165, 1.54) is 0 Å². The first-order chi connectivity index (χ1) is 9.56. The summed E-state index contributed by atoms with van der Waals surface area (Å²) in [7, 11) is 0. The van der Waals surface area contributed by atoms with E-state index < -0.39 is 5.91 Å². The van der Waals surface area contributed by atoms with Crippen LogP contribution in [0, 0.1) is 17.2 Å². The molecule has 0 aliphatic heterocycles. The molecule has 0 aromatic carbocycles. The minimum atomic E-state index is -0.459. The van der Waals surface area contributed by atoms with Crippen LogP contribution in [0.4, 0.5) is 0 Å². The second kappa shape index (κ2) is 8.24. The lowest BCUT2D eigenvalue weighted by molar-refractivity contribution is 0.0948. The molecule has 0 spiro atoms. The number of nitrogen functional groups attached to an aromatic ring is 1. The Labute approximate surface area is 118 Å². The number of carbonyl (C=O) groups excluding carboxylic acids is 1. The van der Waals surface area contributed by atoms with Crippen LogP contribution in [0.2, 0.25) is 0 Å². The molecule has 1 rings (SSSR count). The summed E-state index contributed by atoms with van der Waals surface area (Å²) < 4.78 is 1.60. The fourth-order valence-corrected chi connectivity index (χ4v) is 1.85. The standard InChI is InChI=1S/C12H21N7O/c1-10(2)8-18(5-3-4-13)6-7-19-9-11(16-17-19)12(20)15-14/h9-10H,3,5-8,14H2,1-2H3,(H,15,20). The molecule has 0 bridgehead atoms. The van der Waals surface area contributed by atoms with Gasteiger partial charge >= 0.3 is 0 Å². The van der Waals surface area contributed by atoms with Crippen LogP contribution in [-0.2, 0) is 6.54 Å². The highest BCUT2D eigenvalue weighted by Crippen LogP contribution is 2.01. The second-order valence-corrected chi connectivity index (χ2v) is 4.94. The van der Waals surface area contributed by atoms with Gasteiger partial charge < -0.3 is 4.90 Å². The number of nitrogens with one attached hydrogen (secondary N) is 1. The van der Waals surface area contributed by atoms with Crippen molar-refractivity contribution < 1.29 is 4.79 Å². The van der Waals surface area contributed by atoms with Crippen molar-refractivity contribution >= 4 is 5.91 Å². The van der Waals surface area contributed by atoms with Gasteiger partial charge in [0.15, 0.2) is 5.69 Å². The molecule has 0 fully saturated rings. The van der Waals surface area contributed by atoms with E-state index in [0.29, 0.717) is 18.9 Å². The SMILES string of the molecule is CC(C)CN(CCC#N)CCn1cc(C(=O)NN)nn1. The topological polar surface area (TPSA) is 113 Å². The molecule has 8 heteroatoms. The summed E-state index contributed by atoms with van der Waals surface area (Å²) in [5.41, 5.74) is 2.21. The molecule has 0 aliphatic rings. The van der Waals surface area contributed by atoms with Gasteiger partial charge in [-0.15, -0.1) is 5.10 Å². The van der Waals surface area contributed by atoms with Crippen molar-refractivity contribution in [2.24, 2.45) is 11.8 Å². The Kier molecular flexibility index (Phi) is 6.63. The van der Waals surface area contributed by atoms with Crippen LogP contribution in [-0.4, -0.2) is 45.4 Å². The number of hydrazine groups is 1. The number of nitrogens with two attached hydrogens (primary N) is 1. The molecule has 0 aliphatic carbocycles. The van der Waals surface area contributed by atoms with Crippen molar-refractivity contribution in [3.05, 3.63) is 11.9 Å². The van der Waals surface area contributed by atoms with E-state index in [9.17, 15) is 4.79 Å². The molecule has 3 N–H and O–H groups in total. The molecule has 20 heavy (non-hydrogen) atoms. The maximum absolute atomic E-state index is 11.3. The van der Waals surface area contributed by atoms with Gasteiger partial charge in [-0.2, -0.15) is 5.26 Å². The van der Waals surface area contributed by atoms with Crippen molar-refractivity contribution in [1.82, 2.24) is 25.3 Å². The lowest BCUT2D eigenvalue weighted by Crippen LogP contribution is -2.32. The molecule has 1 heterocycles. The number of rotatable bonds is 8. The predicted molar refractivity (Wildman–Crippen MR) is 73.2 cm³/mol. The van der Waals surface area contributed by atoms with E-state index >= 15 is 0 Å². The zero-order valence-electron chi connectivity index (χ0n) is 11.9. The number of hydrogen-bond acceptors (Lipinski definition) is 6. The maximum Gasteiger partial charge on any atom is 0.287 e. The van der Waals surface area contributed by atoms with Gasteiger partial charge in [0.05, 0.1) is 18.8 Å². The molecule has 1 aromatic heterocycles. The third-order valence-electron chi connectivity index (χ3n) is 2.71. The van der Waals surface area contributed by atoms with E-state index in [2.05, 4.69) is 35.1 Å². The first-order valence-corrected chi connectivity index (χ1v) is 6.57. The van der Waals surface area contributed by atoms with E-state index in [1.54, 1.807) is 10.9 Å². The van der Waals surface area contributed by atoms with Crippen molar-refractivity contribution in [2.45, 2.75) is 26.8 Å². The number of carbonyl (C=O) groups is 1. The van der Waals surface area contributed by atoms with Crippen LogP contribution in [0.15, 0.2) is 6.20 Å². The van der Waals surface area contributed by atoms with E-state index in [1.807, 2.05) is 5.43 Å². The van der Waals surface area contributed by atoms with Crippen molar-refractivity contribution in [3.63, 3.8) is 0 Å². The van der Waals surface area contributed by atoms with Crippen molar-refractivity contribution in [1.29, 1.82) is 5.26 Å². The molecule has 0 saturated carbocycles. The molecule has 0 atom stereocenters. The Morgan fingerprint density at radius 1 is 1.60 bits per heavy atom. The Hall–Kier alpha value is -1.98. The number of nitriles is 1. The highest BCUT2D eigenvalue weighted by Gasteiger charge is 2.11. The van der Waals surface area contributed by atoms with Gasteiger partial charge in [-0.1, -0.05) is 19.1 Å². The monoisotopic (exact) mass is 279 g/mol. The van der Waals surface area contributed by atoms with E-state index in [-0.39, 0.29) is 5.69 Å². The van der Waals surface area contributed by atoms with Gasteiger partial charge in [0.25, 0.3) is 5.91 Å². The number of nitrogens with zero attached hydrogens (tertiary/aromatic N) is 5. The lowest BCUT2D eigenvalue weighted by atomic mass is 10.2. The Morgan fingerprint density at radius 2 is 2.35 bits per heavy atom. The van der Waals surface area contributed by atoms with Crippen LogP contribution in [0.1, 0.15) is 30.8 Å². The van der Waals surface area contributed by atoms with Crippen molar-refractivity contribution in [2.75, 3.05) is 19.6 Å². The first kappa shape index (κ1) is 16.1. The normalized spacial score (nSPS) is 10.8. The number of aromatic nitrogens is 3. The zero-order chi connectivity index (χ0) is 15.0. The molecular formula is C12H21N7O. The van der Waals surface area contributed by atoms with Crippen LogP contribution in [0.3, 0.4) is 0 Å². The first-order valence-electron chi connectivity index (χ1n) is 6.57. The average molecular weight is 279 g/mol. The lowest BCUT2D eigenvalue weighted by Gasteiger charge is -2.22. The third-order valence-corrected chi connectivity index (χ3v) is 2.71. The van der Waals surface area contributed by atoms with Crippen LogP contribution < -0.4 is 11.3 Å². The summed E-state index contributed by atoms with van der Waals surface area (Å²) in [6.07, 6.45) is 2.06. The molecule has 0 radical (unpaired) electrons. The van der Waals surface area contributed by atoms with Gasteiger partial charge in [0, 0.05) is 26.1 Å². The quantitative estimate of drug-likeness (QED) is 0.385. The fraction of sp³-hybridized carbons (Fsp3) is 0.667. The highest BCUT2D eigenvalue weighted by molar-refractivity contribution is 5.91. The fourth-order valence-electron chi connectivity index (χ4n) is 1.85. The molecule has 0 unspecified atom stereocenters. The number of amides is 1. The predicted octanol–water partition coefficient (Wildman–Crippen LogP) is -0.247. The molecule has 8 nitrogen and oxygen atoms in total. The Balaban J connectivity index is 2.51.